The molecule has 0 fully saturated rings. The second kappa shape index (κ2) is 9.68. The summed E-state index contributed by atoms with van der Waals surface area (Å²) >= 11 is 11.0. The van der Waals surface area contributed by atoms with Gasteiger partial charge in [0.15, 0.2) is 0 Å². The van der Waals surface area contributed by atoms with E-state index in [1.54, 1.807) is 10.9 Å². The lowest BCUT2D eigenvalue weighted by Crippen LogP contribution is -2.09. The summed E-state index contributed by atoms with van der Waals surface area (Å²) in [6.45, 7) is 2.96. The van der Waals surface area contributed by atoms with Crippen molar-refractivity contribution in [2.24, 2.45) is 0 Å². The maximum atomic E-state index is 12.6. The van der Waals surface area contributed by atoms with Crippen LogP contribution in [0, 0.1) is 6.92 Å². The highest BCUT2D eigenvalue weighted by Crippen LogP contribution is 2.27. The molecule has 1 amide bonds. The van der Waals surface area contributed by atoms with Crippen molar-refractivity contribution in [2.75, 3.05) is 5.32 Å². The van der Waals surface area contributed by atoms with Gasteiger partial charge in [-0.2, -0.15) is 5.10 Å². The van der Waals surface area contributed by atoms with Crippen LogP contribution >= 0.6 is 38.9 Å². The topological polar surface area (TPSA) is 56.1 Å². The van der Waals surface area contributed by atoms with Gasteiger partial charge in [-0.3, -0.25) is 9.48 Å². The van der Waals surface area contributed by atoms with E-state index in [-0.39, 0.29) is 5.91 Å². The van der Waals surface area contributed by atoms with Crippen molar-refractivity contribution >= 4 is 50.5 Å². The summed E-state index contributed by atoms with van der Waals surface area (Å²) < 4.78 is 8.63. The molecule has 0 unspecified atom stereocenters. The molecule has 0 aliphatic heterocycles. The predicted molar refractivity (Wildman–Crippen MR) is 128 cm³/mol. The summed E-state index contributed by atoms with van der Waals surface area (Å²) in [6.07, 6.45) is 3.46. The maximum absolute atomic E-state index is 12.6. The number of halogens is 2. The molecule has 5 nitrogen and oxygen atoms in total. The number of anilines is 1. The molecule has 2 aromatic heterocycles. The zero-order valence-electron chi connectivity index (χ0n) is 16.6. The van der Waals surface area contributed by atoms with Gasteiger partial charge in [0.1, 0.15) is 12.4 Å². The number of carbonyl (C=O) groups excluding carboxylic acids is 1. The Hall–Kier alpha value is -2.61. The van der Waals surface area contributed by atoms with E-state index in [2.05, 4.69) is 26.3 Å². The second-order valence-electron chi connectivity index (χ2n) is 7.05. The zero-order valence-corrected chi connectivity index (χ0v) is 19.8. The molecule has 0 aliphatic carbocycles. The lowest BCUT2D eigenvalue weighted by molar-refractivity contribution is 0.103. The van der Waals surface area contributed by atoms with E-state index in [9.17, 15) is 4.79 Å². The summed E-state index contributed by atoms with van der Waals surface area (Å²) in [5.74, 6) is 0.463. The van der Waals surface area contributed by atoms with E-state index in [4.69, 9.17) is 16.3 Å². The molecular formula is C23H19BrClN3O2S. The van der Waals surface area contributed by atoms with Crippen molar-refractivity contribution in [3.8, 4) is 5.75 Å². The normalized spacial score (nSPS) is 10.8. The molecule has 0 saturated carbocycles. The average Bonchev–Trinajstić information content (AvgIpc) is 3.40. The van der Waals surface area contributed by atoms with Crippen LogP contribution in [0.4, 0.5) is 5.69 Å². The summed E-state index contributed by atoms with van der Waals surface area (Å²) in [5.41, 5.74) is 3.77. The number of nitrogens with zero attached hydrogens (tertiary/aromatic N) is 2. The molecule has 0 atom stereocenters. The lowest BCUT2D eigenvalue weighted by Gasteiger charge is -2.07. The number of carbonyl (C=O) groups is 1. The van der Waals surface area contributed by atoms with Crippen LogP contribution in [0.3, 0.4) is 0 Å². The number of aryl methyl sites for hydroxylation is 1. The number of thiophene rings is 1. The highest BCUT2D eigenvalue weighted by molar-refractivity contribution is 9.10. The molecule has 0 saturated heterocycles. The van der Waals surface area contributed by atoms with E-state index in [0.29, 0.717) is 34.5 Å². The van der Waals surface area contributed by atoms with Gasteiger partial charge < -0.3 is 10.1 Å². The molecule has 0 radical (unpaired) electrons. The third kappa shape index (κ3) is 5.76. The molecule has 2 heterocycles. The first-order chi connectivity index (χ1) is 15.0. The first kappa shape index (κ1) is 21.6. The fourth-order valence-corrected chi connectivity index (χ4v) is 4.17. The van der Waals surface area contributed by atoms with Crippen molar-refractivity contribution in [1.82, 2.24) is 9.78 Å². The molecule has 2 aromatic carbocycles. The lowest BCUT2D eigenvalue weighted by atomic mass is 10.2. The molecule has 0 bridgehead atoms. The fraction of sp³-hybridized carbons (Fsp3) is 0.130. The van der Waals surface area contributed by atoms with E-state index < -0.39 is 0 Å². The van der Waals surface area contributed by atoms with Gasteiger partial charge in [-0.15, -0.1) is 11.3 Å². The summed E-state index contributed by atoms with van der Waals surface area (Å²) in [5, 5.41) is 9.70. The van der Waals surface area contributed by atoms with Crippen LogP contribution in [0.15, 0.2) is 70.8 Å². The van der Waals surface area contributed by atoms with Crippen molar-refractivity contribution in [3.63, 3.8) is 0 Å². The average molecular weight is 517 g/mol. The molecule has 0 spiro atoms. The van der Waals surface area contributed by atoms with Crippen molar-refractivity contribution in [1.29, 1.82) is 0 Å². The van der Waals surface area contributed by atoms with Gasteiger partial charge in [-0.05, 0) is 53.8 Å². The van der Waals surface area contributed by atoms with Crippen molar-refractivity contribution in [2.45, 2.75) is 20.1 Å². The number of amides is 1. The number of ether oxygens (including phenoxy) is 1. The minimum Gasteiger partial charge on any atom is -0.487 e. The van der Waals surface area contributed by atoms with E-state index in [0.717, 1.165) is 21.2 Å². The van der Waals surface area contributed by atoms with Crippen molar-refractivity contribution < 1.29 is 9.53 Å². The van der Waals surface area contributed by atoms with Gasteiger partial charge in [0.25, 0.3) is 5.91 Å². The van der Waals surface area contributed by atoms with Crippen LogP contribution in [0.25, 0.3) is 0 Å². The Labute approximate surface area is 197 Å². The Morgan fingerprint density at radius 2 is 2.00 bits per heavy atom. The Bertz CT molecular complexity index is 1200. The first-order valence-electron chi connectivity index (χ1n) is 9.51. The fourth-order valence-electron chi connectivity index (χ4n) is 2.94. The third-order valence-electron chi connectivity index (χ3n) is 4.51. The van der Waals surface area contributed by atoms with Gasteiger partial charge in [-0.1, -0.05) is 45.7 Å². The monoisotopic (exact) mass is 515 g/mol. The Kier molecular flexibility index (Phi) is 6.75. The largest absolute Gasteiger partial charge is 0.487 e. The molecule has 1 N–H and O–H groups in total. The van der Waals surface area contributed by atoms with Crippen LogP contribution in [0.1, 0.15) is 26.4 Å². The standard InChI is InChI=1S/C23H19BrClN3O2S/c1-15-2-7-20(25)21(8-15)30-13-17-9-22(31-14-17)23(29)27-19-10-26-28(12-19)11-16-3-5-18(24)6-4-16/h2-10,12,14H,11,13H2,1H3,(H,27,29). The molecule has 8 heteroatoms. The number of benzene rings is 2. The second-order valence-corrected chi connectivity index (χ2v) is 9.28. The minimum atomic E-state index is -0.173. The minimum absolute atomic E-state index is 0.173. The van der Waals surface area contributed by atoms with Crippen LogP contribution in [-0.2, 0) is 13.2 Å². The molecule has 4 aromatic rings. The predicted octanol–water partition coefficient (Wildman–Crippen LogP) is 6.55. The summed E-state index contributed by atoms with van der Waals surface area (Å²) in [6, 6.07) is 15.5. The number of hydrogen-bond donors (Lipinski definition) is 1. The summed E-state index contributed by atoms with van der Waals surface area (Å²) in [4.78, 5) is 13.2. The number of hydrogen-bond acceptors (Lipinski definition) is 4. The van der Waals surface area contributed by atoms with E-state index >= 15 is 0 Å². The highest BCUT2D eigenvalue weighted by atomic mass is 79.9. The smallest absolute Gasteiger partial charge is 0.265 e. The van der Waals surface area contributed by atoms with Gasteiger partial charge >= 0.3 is 0 Å². The first-order valence-corrected chi connectivity index (χ1v) is 11.6. The SMILES string of the molecule is Cc1ccc(Cl)c(OCc2csc(C(=O)Nc3cnn(Cc4ccc(Br)cc4)c3)c2)c1. The quantitative estimate of drug-likeness (QED) is 0.303. The molecular weight excluding hydrogens is 498 g/mol. The van der Waals surface area contributed by atoms with E-state index in [1.165, 1.54) is 11.3 Å². The van der Waals surface area contributed by atoms with Gasteiger partial charge in [0.2, 0.25) is 0 Å². The Morgan fingerprint density at radius 1 is 1.19 bits per heavy atom. The number of aromatic nitrogens is 2. The Balaban J connectivity index is 1.34. The molecule has 31 heavy (non-hydrogen) atoms. The third-order valence-corrected chi connectivity index (χ3v) is 6.33. The van der Waals surface area contributed by atoms with Crippen LogP contribution in [-0.4, -0.2) is 15.7 Å². The van der Waals surface area contributed by atoms with E-state index in [1.807, 2.05) is 67.0 Å². The maximum Gasteiger partial charge on any atom is 0.265 e. The summed E-state index contributed by atoms with van der Waals surface area (Å²) in [7, 11) is 0. The van der Waals surface area contributed by atoms with Crippen LogP contribution in [0.5, 0.6) is 5.75 Å². The zero-order chi connectivity index (χ0) is 21.8. The Morgan fingerprint density at radius 3 is 2.81 bits per heavy atom. The van der Waals surface area contributed by atoms with Gasteiger partial charge in [-0.25, -0.2) is 0 Å². The van der Waals surface area contributed by atoms with Gasteiger partial charge in [0, 0.05) is 16.2 Å². The van der Waals surface area contributed by atoms with Gasteiger partial charge in [0.05, 0.1) is 28.3 Å². The van der Waals surface area contributed by atoms with Crippen LogP contribution < -0.4 is 10.1 Å². The number of nitrogens with one attached hydrogen (secondary N) is 1. The number of rotatable bonds is 7. The highest BCUT2D eigenvalue weighted by Gasteiger charge is 2.12. The van der Waals surface area contributed by atoms with Crippen LogP contribution in [0.2, 0.25) is 5.02 Å². The molecule has 158 valence electrons. The van der Waals surface area contributed by atoms with Crippen molar-refractivity contribution in [3.05, 3.63) is 97.4 Å². The molecule has 4 rings (SSSR count). The molecule has 0 aliphatic rings.